The Morgan fingerprint density at radius 3 is 3.08 bits per heavy atom. The van der Waals surface area contributed by atoms with Crippen molar-refractivity contribution in [3.8, 4) is 0 Å². The highest BCUT2D eigenvalue weighted by Crippen LogP contribution is 2.38. The first-order valence-electron chi connectivity index (χ1n) is 8.17. The number of nitrogens with zero attached hydrogens (tertiary/aromatic N) is 2. The predicted molar refractivity (Wildman–Crippen MR) is 92.6 cm³/mol. The minimum atomic E-state index is -0.409. The molecule has 1 aliphatic carbocycles. The summed E-state index contributed by atoms with van der Waals surface area (Å²) in [6, 6.07) is 5.57. The van der Waals surface area contributed by atoms with Gasteiger partial charge < -0.3 is 16.2 Å². The molecule has 126 valence electrons. The van der Waals surface area contributed by atoms with Crippen molar-refractivity contribution in [3.05, 3.63) is 40.0 Å². The first kappa shape index (κ1) is 15.5. The van der Waals surface area contributed by atoms with Gasteiger partial charge in [0.1, 0.15) is 5.82 Å². The quantitative estimate of drug-likeness (QED) is 0.736. The van der Waals surface area contributed by atoms with Gasteiger partial charge in [-0.15, -0.1) is 0 Å². The zero-order valence-electron chi connectivity index (χ0n) is 13.1. The fourth-order valence-electron chi connectivity index (χ4n) is 3.67. The maximum Gasteiger partial charge on any atom is 0.256 e. The molecule has 0 bridgehead atoms. The third kappa shape index (κ3) is 2.37. The van der Waals surface area contributed by atoms with Crippen LogP contribution in [0.25, 0.3) is 0 Å². The Morgan fingerprint density at radius 1 is 1.42 bits per heavy atom. The highest BCUT2D eigenvalue weighted by molar-refractivity contribution is 6.33. The molecule has 2 aromatic rings. The number of aliphatic hydroxyl groups excluding tert-OH is 1. The number of nitrogens with one attached hydrogen (secondary N) is 1. The molecular formula is C17H19ClN4O2. The molecule has 0 fully saturated rings. The molecule has 0 unspecified atom stereocenters. The summed E-state index contributed by atoms with van der Waals surface area (Å²) in [6.45, 7) is 0.673. The number of nitrogen functional groups attached to an aromatic ring is 1. The highest BCUT2D eigenvalue weighted by atomic mass is 35.5. The Balaban J connectivity index is 1.73. The van der Waals surface area contributed by atoms with Crippen molar-refractivity contribution in [2.75, 3.05) is 17.6 Å². The van der Waals surface area contributed by atoms with E-state index in [1.165, 1.54) is 4.68 Å². The number of anilines is 2. The summed E-state index contributed by atoms with van der Waals surface area (Å²) in [5.74, 6) is -0.0565. The number of nitrogens with two attached hydrogens (primary N) is 1. The average molecular weight is 347 g/mol. The van der Waals surface area contributed by atoms with E-state index in [0.717, 1.165) is 22.5 Å². The van der Waals surface area contributed by atoms with Crippen LogP contribution in [-0.4, -0.2) is 33.4 Å². The van der Waals surface area contributed by atoms with Gasteiger partial charge in [-0.2, -0.15) is 9.78 Å². The minimum Gasteiger partial charge on any atom is -0.393 e. The van der Waals surface area contributed by atoms with Gasteiger partial charge in [0.2, 0.25) is 0 Å². The van der Waals surface area contributed by atoms with Crippen LogP contribution < -0.4 is 11.1 Å². The van der Waals surface area contributed by atoms with Crippen molar-refractivity contribution in [3.63, 3.8) is 0 Å². The monoisotopic (exact) mass is 346 g/mol. The molecule has 1 aromatic carbocycles. The van der Waals surface area contributed by atoms with E-state index < -0.39 is 6.10 Å². The number of aliphatic hydroxyl groups is 1. The average Bonchev–Trinajstić information content (AvgIpc) is 2.90. The Bertz CT molecular complexity index is 817. The standard InChI is InChI=1S/C17H19ClN4O2/c18-13-3-1-2-10-11(6-7-20-15(10)13)17(24)22-16(19)12-5-4-9(23)8-14(12)21-22/h1-3,9,11,20,23H,4-8,19H2/t9-,11+/m1/s1. The Kier molecular flexibility index (Phi) is 3.73. The summed E-state index contributed by atoms with van der Waals surface area (Å²) in [5, 5.41) is 18.1. The van der Waals surface area contributed by atoms with Gasteiger partial charge in [0.05, 0.1) is 28.4 Å². The molecule has 1 aromatic heterocycles. The lowest BCUT2D eigenvalue weighted by Crippen LogP contribution is -2.28. The third-order valence-corrected chi connectivity index (χ3v) is 5.24. The number of halogens is 1. The molecule has 0 saturated heterocycles. The smallest absolute Gasteiger partial charge is 0.256 e. The van der Waals surface area contributed by atoms with E-state index in [1.54, 1.807) is 0 Å². The lowest BCUT2D eigenvalue weighted by Gasteiger charge is -2.26. The molecule has 0 amide bonds. The number of hydrogen-bond acceptors (Lipinski definition) is 5. The molecule has 4 rings (SSSR count). The summed E-state index contributed by atoms with van der Waals surface area (Å²) < 4.78 is 1.32. The predicted octanol–water partition coefficient (Wildman–Crippen LogP) is 2.21. The Hall–Kier alpha value is -2.05. The van der Waals surface area contributed by atoms with E-state index in [0.29, 0.717) is 43.1 Å². The van der Waals surface area contributed by atoms with Gasteiger partial charge in [0.25, 0.3) is 5.91 Å². The Labute approximate surface area is 144 Å². The van der Waals surface area contributed by atoms with Gasteiger partial charge in [0, 0.05) is 18.5 Å². The lowest BCUT2D eigenvalue weighted by atomic mass is 9.90. The van der Waals surface area contributed by atoms with Crippen LogP contribution in [0.2, 0.25) is 5.02 Å². The van der Waals surface area contributed by atoms with Gasteiger partial charge >= 0.3 is 0 Å². The van der Waals surface area contributed by atoms with Gasteiger partial charge in [-0.3, -0.25) is 4.79 Å². The number of fused-ring (bicyclic) bond motifs is 2. The van der Waals surface area contributed by atoms with Gasteiger partial charge in [-0.1, -0.05) is 23.7 Å². The molecule has 2 atom stereocenters. The second-order valence-electron chi connectivity index (χ2n) is 6.43. The molecule has 0 spiro atoms. The SMILES string of the molecule is Nc1c2c(nn1C(=O)[C@H]1CCNc3c(Cl)cccc31)C[C@H](O)CC2. The minimum absolute atomic E-state index is 0.138. The van der Waals surface area contributed by atoms with Crippen LogP contribution in [0.15, 0.2) is 18.2 Å². The van der Waals surface area contributed by atoms with Gasteiger partial charge in [-0.25, -0.2) is 0 Å². The molecule has 1 aliphatic heterocycles. The van der Waals surface area contributed by atoms with Crippen molar-refractivity contribution in [1.82, 2.24) is 9.78 Å². The van der Waals surface area contributed by atoms with E-state index in [-0.39, 0.29) is 11.8 Å². The topological polar surface area (TPSA) is 93.2 Å². The van der Waals surface area contributed by atoms with Crippen LogP contribution in [0.5, 0.6) is 0 Å². The number of carbonyl (C=O) groups is 1. The number of carbonyl (C=O) groups excluding carboxylic acids is 1. The maximum atomic E-state index is 13.1. The normalized spacial score (nSPS) is 22.4. The largest absolute Gasteiger partial charge is 0.393 e. The van der Waals surface area contributed by atoms with Crippen LogP contribution in [0, 0.1) is 0 Å². The van der Waals surface area contributed by atoms with E-state index in [9.17, 15) is 9.90 Å². The highest BCUT2D eigenvalue weighted by Gasteiger charge is 2.32. The molecule has 0 radical (unpaired) electrons. The molecule has 6 nitrogen and oxygen atoms in total. The van der Waals surface area contributed by atoms with Crippen molar-refractivity contribution in [2.24, 2.45) is 0 Å². The van der Waals surface area contributed by atoms with E-state index >= 15 is 0 Å². The number of hydrogen-bond donors (Lipinski definition) is 3. The van der Waals surface area contributed by atoms with Crippen LogP contribution in [-0.2, 0) is 12.8 Å². The molecule has 2 heterocycles. The third-order valence-electron chi connectivity index (χ3n) is 4.93. The summed E-state index contributed by atoms with van der Waals surface area (Å²) >= 11 is 6.24. The number of rotatable bonds is 1. The fourth-order valence-corrected chi connectivity index (χ4v) is 3.92. The van der Waals surface area contributed by atoms with Crippen LogP contribution in [0.4, 0.5) is 11.5 Å². The van der Waals surface area contributed by atoms with Crippen LogP contribution in [0.1, 0.15) is 40.4 Å². The van der Waals surface area contributed by atoms with Crippen molar-refractivity contribution < 1.29 is 9.90 Å². The fraction of sp³-hybridized carbons (Fsp3) is 0.412. The van der Waals surface area contributed by atoms with Crippen molar-refractivity contribution >= 4 is 29.0 Å². The molecule has 2 aliphatic rings. The van der Waals surface area contributed by atoms with Gasteiger partial charge in [-0.05, 0) is 30.9 Å². The van der Waals surface area contributed by atoms with Gasteiger partial charge in [0.15, 0.2) is 0 Å². The van der Waals surface area contributed by atoms with E-state index in [4.69, 9.17) is 17.3 Å². The first-order chi connectivity index (χ1) is 11.6. The second-order valence-corrected chi connectivity index (χ2v) is 6.84. The maximum absolute atomic E-state index is 13.1. The summed E-state index contributed by atoms with van der Waals surface area (Å²) in [5.41, 5.74) is 9.51. The van der Waals surface area contributed by atoms with Crippen LogP contribution in [0.3, 0.4) is 0 Å². The number of benzene rings is 1. The molecule has 4 N–H and O–H groups in total. The molecule has 24 heavy (non-hydrogen) atoms. The lowest BCUT2D eigenvalue weighted by molar-refractivity contribution is 0.0858. The van der Waals surface area contributed by atoms with Crippen LogP contribution >= 0.6 is 11.6 Å². The molecule has 7 heteroatoms. The molecule has 0 saturated carbocycles. The van der Waals surface area contributed by atoms with E-state index in [1.807, 2.05) is 18.2 Å². The van der Waals surface area contributed by atoms with Crippen molar-refractivity contribution in [1.29, 1.82) is 0 Å². The number of aromatic nitrogens is 2. The van der Waals surface area contributed by atoms with Crippen molar-refractivity contribution in [2.45, 2.75) is 37.7 Å². The van der Waals surface area contributed by atoms with E-state index in [2.05, 4.69) is 10.4 Å². The summed E-state index contributed by atoms with van der Waals surface area (Å²) in [4.78, 5) is 13.1. The summed E-state index contributed by atoms with van der Waals surface area (Å²) in [7, 11) is 0. The zero-order valence-corrected chi connectivity index (χ0v) is 13.9. The Morgan fingerprint density at radius 2 is 2.25 bits per heavy atom. The second kappa shape index (κ2) is 5.79. The first-order valence-corrected chi connectivity index (χ1v) is 8.55. The molecular weight excluding hydrogens is 328 g/mol. The zero-order chi connectivity index (χ0) is 16.8. The summed E-state index contributed by atoms with van der Waals surface area (Å²) in [6.07, 6.45) is 2.02. The number of para-hydroxylation sites is 1.